The summed E-state index contributed by atoms with van der Waals surface area (Å²) in [6.07, 6.45) is 11.3. The van der Waals surface area contributed by atoms with Crippen LogP contribution in [0.5, 0.6) is 0 Å². The van der Waals surface area contributed by atoms with Crippen LogP contribution in [0.2, 0.25) is 0 Å². The van der Waals surface area contributed by atoms with Gasteiger partial charge in [-0.05, 0) is 55.0 Å². The van der Waals surface area contributed by atoms with E-state index < -0.39 is 0 Å². The van der Waals surface area contributed by atoms with E-state index in [1.54, 1.807) is 12.4 Å². The van der Waals surface area contributed by atoms with E-state index in [0.29, 0.717) is 21.3 Å². The zero-order valence-corrected chi connectivity index (χ0v) is 33.5. The summed E-state index contributed by atoms with van der Waals surface area (Å²) in [4.78, 5) is 13.2. The van der Waals surface area contributed by atoms with Gasteiger partial charge in [0, 0.05) is 11.9 Å². The number of anilines is 1. The zero-order valence-electron chi connectivity index (χ0n) is 31.0. The predicted octanol–water partition coefficient (Wildman–Crippen LogP) is 9.77. The quantitative estimate of drug-likeness (QED) is 0.0420. The Balaban J connectivity index is 0.000000234. The van der Waals surface area contributed by atoms with Crippen molar-refractivity contribution >= 4 is 73.0 Å². The standard InChI is InChI=1S/C22H20N4S.C21H17N4Se.C2H6/c1-17-10-13-19(14-11-17)24-22(27)26-25-21(20-9-5-6-16-23-20)15-12-18-7-3-2-4-8-18;26-21(23-18-11-5-2-6-12-18)25-24-20(19-13-7-8-16-22-19)15-14-17-9-3-1-4-10-17;1-2/h2-16H,1H3,(H2,24,26,27);1-16H,(H,23,25);1-2H3/b15-12+,25-21+;15-14+,24-20+;. The van der Waals surface area contributed by atoms with Gasteiger partial charge in [0.2, 0.25) is 0 Å². The summed E-state index contributed by atoms with van der Waals surface area (Å²) in [6, 6.07) is 49.3. The summed E-state index contributed by atoms with van der Waals surface area (Å²) in [5.74, 6) is 0. The number of benzene rings is 4. The van der Waals surface area contributed by atoms with Crippen LogP contribution in [0.15, 0.2) is 191 Å². The number of aromatic nitrogens is 2. The number of amidine groups is 1. The van der Waals surface area contributed by atoms with Crippen LogP contribution < -0.4 is 16.2 Å². The topological polar surface area (TPSA) is 99.0 Å². The van der Waals surface area contributed by atoms with Gasteiger partial charge in [-0.15, -0.1) is 0 Å². The van der Waals surface area contributed by atoms with Gasteiger partial charge in [0.25, 0.3) is 0 Å². The van der Waals surface area contributed by atoms with Gasteiger partial charge in [0.1, 0.15) is 5.71 Å². The Kier molecular flexibility index (Phi) is 18.1. The number of para-hydroxylation sites is 1. The molecule has 0 fully saturated rings. The first-order chi connectivity index (χ1) is 27.0. The van der Waals surface area contributed by atoms with Gasteiger partial charge < -0.3 is 5.32 Å². The van der Waals surface area contributed by atoms with Crippen molar-refractivity contribution in [1.82, 2.24) is 20.8 Å². The second-order valence-corrected chi connectivity index (χ2v) is 12.4. The summed E-state index contributed by atoms with van der Waals surface area (Å²) in [6.45, 7) is 6.04. The Labute approximate surface area is 337 Å². The third kappa shape index (κ3) is 15.7. The number of nitrogens with zero attached hydrogens (tertiary/aromatic N) is 5. The SMILES string of the molecule is CC.Cc1ccc(NC(=S)N/N=C(\C=C\c2ccccc2)c2ccccn2)cc1.[Se]C(=Nc1ccccc1)N/N=C(\C=C\c1ccccc1)c1ccccn1. The van der Waals surface area contributed by atoms with Gasteiger partial charge in [-0.2, -0.15) is 5.10 Å². The summed E-state index contributed by atoms with van der Waals surface area (Å²) in [5, 5.41) is 12.4. The van der Waals surface area contributed by atoms with Gasteiger partial charge in [0.05, 0.1) is 5.69 Å². The van der Waals surface area contributed by atoms with E-state index in [-0.39, 0.29) is 0 Å². The molecule has 0 aliphatic rings. The van der Waals surface area contributed by atoms with Crippen molar-refractivity contribution in [2.24, 2.45) is 15.2 Å². The molecule has 1 radical (unpaired) electrons. The first-order valence-electron chi connectivity index (χ1n) is 17.7. The number of aryl methyl sites for hydroxylation is 1. The Morgan fingerprint density at radius 1 is 0.582 bits per heavy atom. The number of pyridine rings is 2. The first kappa shape index (κ1) is 41.4. The molecule has 0 spiro atoms. The molecule has 2 heterocycles. The third-order valence-corrected chi connectivity index (χ3v) is 7.74. The number of allylic oxidation sites excluding steroid dienone is 2. The van der Waals surface area contributed by atoms with Crippen molar-refractivity contribution in [2.45, 2.75) is 20.8 Å². The Morgan fingerprint density at radius 2 is 1.04 bits per heavy atom. The molecule has 275 valence electrons. The predicted molar refractivity (Wildman–Crippen MR) is 237 cm³/mol. The molecule has 6 aromatic rings. The van der Waals surface area contributed by atoms with Crippen LogP contribution in [-0.2, 0) is 0 Å². The number of hydrogen-bond donors (Lipinski definition) is 3. The molecule has 8 nitrogen and oxygen atoms in total. The van der Waals surface area contributed by atoms with Gasteiger partial charge in [-0.25, -0.2) is 0 Å². The fourth-order valence-electron chi connectivity index (χ4n) is 4.53. The Hall–Kier alpha value is -6.32. The van der Waals surface area contributed by atoms with Crippen LogP contribution in [0.3, 0.4) is 0 Å². The number of aliphatic imine (C=N–C) groups is 1. The van der Waals surface area contributed by atoms with Gasteiger partial charge in [-0.1, -0.05) is 74.0 Å². The maximum atomic E-state index is 5.34. The molecule has 3 N–H and O–H groups in total. The van der Waals surface area contributed by atoms with Crippen LogP contribution in [0.25, 0.3) is 12.2 Å². The first-order valence-corrected chi connectivity index (χ1v) is 18.9. The summed E-state index contributed by atoms with van der Waals surface area (Å²) >= 11 is 8.23. The molecule has 0 saturated heterocycles. The average molecular weight is 807 g/mol. The number of rotatable bonds is 10. The monoisotopic (exact) mass is 807 g/mol. The van der Waals surface area contributed by atoms with Gasteiger partial charge in [-0.3, -0.25) is 10.4 Å². The second-order valence-electron chi connectivity index (χ2n) is 11.2. The maximum absolute atomic E-state index is 5.34. The molecule has 0 unspecified atom stereocenters. The van der Waals surface area contributed by atoms with Crippen LogP contribution in [0.4, 0.5) is 11.4 Å². The molecule has 0 bridgehead atoms. The van der Waals surface area contributed by atoms with Crippen LogP contribution >= 0.6 is 12.2 Å². The third-order valence-electron chi connectivity index (χ3n) is 7.17. The zero-order chi connectivity index (χ0) is 38.9. The Morgan fingerprint density at radius 3 is 1.51 bits per heavy atom. The molecule has 0 amide bonds. The normalized spacial score (nSPS) is 11.5. The average Bonchev–Trinajstić information content (AvgIpc) is 3.24. The van der Waals surface area contributed by atoms with Crippen LogP contribution in [0.1, 0.15) is 41.9 Å². The second kappa shape index (κ2) is 24.1. The van der Waals surface area contributed by atoms with Crippen molar-refractivity contribution in [1.29, 1.82) is 0 Å². The number of nitrogens with one attached hydrogen (secondary N) is 3. The molecule has 0 atom stereocenters. The molecular formula is C45H43N8SSe. The van der Waals surface area contributed by atoms with E-state index in [9.17, 15) is 0 Å². The molecule has 0 aliphatic carbocycles. The van der Waals surface area contributed by atoms with E-state index in [4.69, 9.17) is 12.2 Å². The van der Waals surface area contributed by atoms with E-state index in [1.807, 2.05) is 197 Å². The fourth-order valence-corrected chi connectivity index (χ4v) is 5.01. The van der Waals surface area contributed by atoms with Gasteiger partial charge in [0.15, 0.2) is 5.11 Å². The van der Waals surface area contributed by atoms with Crippen molar-refractivity contribution in [2.75, 3.05) is 5.32 Å². The molecule has 0 aliphatic heterocycles. The molecule has 6 rings (SSSR count). The van der Waals surface area contributed by atoms with Crippen LogP contribution in [0, 0.1) is 6.92 Å². The molecular weight excluding hydrogens is 764 g/mol. The number of hydrogen-bond acceptors (Lipinski definition) is 6. The summed E-state index contributed by atoms with van der Waals surface area (Å²) in [5.41, 5.74) is 13.9. The molecule has 10 heteroatoms. The van der Waals surface area contributed by atoms with E-state index in [0.717, 1.165) is 33.9 Å². The van der Waals surface area contributed by atoms with E-state index in [1.165, 1.54) is 5.56 Å². The van der Waals surface area contributed by atoms with E-state index in [2.05, 4.69) is 57.3 Å². The summed E-state index contributed by atoms with van der Waals surface area (Å²) in [7, 11) is 0. The molecule has 2 aromatic heterocycles. The van der Waals surface area contributed by atoms with Crippen molar-refractivity contribution in [3.05, 3.63) is 204 Å². The molecule has 55 heavy (non-hydrogen) atoms. The molecule has 4 aromatic carbocycles. The van der Waals surface area contributed by atoms with Gasteiger partial charge >= 0.3 is 161 Å². The minimum atomic E-state index is 0.417. The molecule has 0 saturated carbocycles. The Bertz CT molecular complexity index is 2160. The van der Waals surface area contributed by atoms with Crippen molar-refractivity contribution in [3.8, 4) is 0 Å². The minimum absolute atomic E-state index is 0.417. The van der Waals surface area contributed by atoms with Crippen molar-refractivity contribution < 1.29 is 0 Å². The number of thiocarbonyl (C=S) groups is 1. The number of hydrazone groups is 2. The van der Waals surface area contributed by atoms with E-state index >= 15 is 0 Å². The summed E-state index contributed by atoms with van der Waals surface area (Å²) < 4.78 is 0.581. The van der Waals surface area contributed by atoms with Crippen LogP contribution in [-0.4, -0.2) is 47.3 Å². The van der Waals surface area contributed by atoms with Crippen molar-refractivity contribution in [3.63, 3.8) is 0 Å². The fraction of sp³-hybridized carbons (Fsp3) is 0.0667.